The van der Waals surface area contributed by atoms with Gasteiger partial charge in [-0.25, -0.2) is 4.79 Å². The Morgan fingerprint density at radius 3 is 2.39 bits per heavy atom. The summed E-state index contributed by atoms with van der Waals surface area (Å²) >= 11 is 18.6. The first-order valence-corrected chi connectivity index (χ1v) is 10.7. The normalized spacial score (nSPS) is 13.3. The fourth-order valence-corrected chi connectivity index (χ4v) is 4.06. The molecule has 0 atom stereocenters. The molecule has 2 heterocycles. The van der Waals surface area contributed by atoms with Gasteiger partial charge in [0.25, 0.3) is 0 Å². The van der Waals surface area contributed by atoms with E-state index in [0.29, 0.717) is 28.7 Å². The maximum atomic E-state index is 12.0. The molecule has 0 radical (unpaired) electrons. The average Bonchev–Trinajstić information content (AvgIpc) is 2.77. The molecule has 0 unspecified atom stereocenters. The van der Waals surface area contributed by atoms with Crippen LogP contribution in [0.15, 0.2) is 59.8 Å². The van der Waals surface area contributed by atoms with Crippen LogP contribution in [0, 0.1) is 6.92 Å². The van der Waals surface area contributed by atoms with E-state index < -0.39 is 0 Å². The molecule has 2 amide bonds. The maximum absolute atomic E-state index is 12.0. The number of amides is 2. The third-order valence-electron chi connectivity index (χ3n) is 4.88. The highest BCUT2D eigenvalue weighted by Crippen LogP contribution is 2.33. The Morgan fingerprint density at radius 1 is 1.10 bits per heavy atom. The van der Waals surface area contributed by atoms with Gasteiger partial charge in [-0.05, 0) is 41.8 Å². The number of nitrogens with one attached hydrogen (secondary N) is 1. The predicted octanol–water partition coefficient (Wildman–Crippen LogP) is 5.57. The van der Waals surface area contributed by atoms with Crippen molar-refractivity contribution in [1.29, 1.82) is 0 Å². The number of halogens is 2. The number of anilines is 1. The van der Waals surface area contributed by atoms with Gasteiger partial charge in [-0.1, -0.05) is 65.8 Å². The molecule has 0 bridgehead atoms. The summed E-state index contributed by atoms with van der Waals surface area (Å²) in [6, 6.07) is 15.0. The first-order valence-electron chi connectivity index (χ1n) is 9.57. The van der Waals surface area contributed by atoms with Crippen molar-refractivity contribution in [3.8, 4) is 0 Å². The van der Waals surface area contributed by atoms with E-state index in [1.54, 1.807) is 24.5 Å². The molecule has 2 aromatic carbocycles. The second-order valence-electron chi connectivity index (χ2n) is 7.07. The maximum Gasteiger partial charge on any atom is 0.342 e. The highest BCUT2D eigenvalue weighted by molar-refractivity contribution is 7.81. The van der Waals surface area contributed by atoms with Gasteiger partial charge in [-0.15, -0.1) is 0 Å². The number of carbonyl (C=O) groups excluding carboxylic acids is 1. The number of thiocarbonyl (C=S) groups is 1. The summed E-state index contributed by atoms with van der Waals surface area (Å²) in [6.07, 6.45) is 3.95. The molecule has 1 aromatic heterocycles. The van der Waals surface area contributed by atoms with Crippen LogP contribution >= 0.6 is 35.4 Å². The number of pyridine rings is 1. The van der Waals surface area contributed by atoms with Gasteiger partial charge < -0.3 is 5.32 Å². The van der Waals surface area contributed by atoms with Crippen LogP contribution in [0.1, 0.15) is 27.9 Å². The number of hydrogen-bond donors (Lipinski definition) is 1. The molecule has 0 aliphatic carbocycles. The lowest BCUT2D eigenvalue weighted by molar-refractivity contribution is 0.247. The largest absolute Gasteiger partial charge is 0.342 e. The number of hydrogen-bond acceptors (Lipinski definition) is 4. The fourth-order valence-electron chi connectivity index (χ4n) is 3.19. The lowest BCUT2D eigenvalue weighted by Crippen LogP contribution is -2.41. The van der Waals surface area contributed by atoms with Crippen molar-refractivity contribution >= 4 is 58.2 Å². The SMILES string of the molecule is Cc1ccc(C(=S)c2ccc(Cc3c(Cl)cc(N4N=CCNC4=O)cc3Cl)cc2)cn1. The van der Waals surface area contributed by atoms with Gasteiger partial charge in [0, 0.05) is 40.1 Å². The topological polar surface area (TPSA) is 57.6 Å². The van der Waals surface area contributed by atoms with Crippen LogP contribution in [0.25, 0.3) is 0 Å². The minimum Gasteiger partial charge on any atom is -0.331 e. The monoisotopic (exact) mass is 468 g/mol. The van der Waals surface area contributed by atoms with E-state index in [9.17, 15) is 4.79 Å². The van der Waals surface area contributed by atoms with E-state index in [2.05, 4.69) is 15.4 Å². The van der Waals surface area contributed by atoms with Crippen molar-refractivity contribution in [3.63, 3.8) is 0 Å². The number of aromatic nitrogens is 1. The first-order chi connectivity index (χ1) is 14.9. The second kappa shape index (κ2) is 9.14. The Bertz CT molecular complexity index is 1150. The van der Waals surface area contributed by atoms with Crippen LogP contribution in [-0.2, 0) is 6.42 Å². The highest BCUT2D eigenvalue weighted by Gasteiger charge is 2.20. The number of nitrogens with zero attached hydrogens (tertiary/aromatic N) is 3. The van der Waals surface area contributed by atoms with Gasteiger partial charge in [0.2, 0.25) is 0 Å². The van der Waals surface area contributed by atoms with Gasteiger partial charge in [0.05, 0.1) is 17.1 Å². The Balaban J connectivity index is 1.53. The lowest BCUT2D eigenvalue weighted by atomic mass is 10.0. The van der Waals surface area contributed by atoms with Crippen molar-refractivity contribution in [2.75, 3.05) is 11.6 Å². The van der Waals surface area contributed by atoms with E-state index in [1.165, 1.54) is 5.01 Å². The van der Waals surface area contributed by atoms with Crippen molar-refractivity contribution in [2.24, 2.45) is 5.10 Å². The van der Waals surface area contributed by atoms with Crippen molar-refractivity contribution < 1.29 is 4.79 Å². The zero-order valence-corrected chi connectivity index (χ0v) is 18.9. The minimum atomic E-state index is -0.322. The van der Waals surface area contributed by atoms with Crippen LogP contribution < -0.4 is 10.3 Å². The lowest BCUT2D eigenvalue weighted by Gasteiger charge is -2.22. The van der Waals surface area contributed by atoms with Gasteiger partial charge >= 0.3 is 6.03 Å². The van der Waals surface area contributed by atoms with Gasteiger partial charge in [-0.3, -0.25) is 4.98 Å². The van der Waals surface area contributed by atoms with Crippen molar-refractivity contribution in [2.45, 2.75) is 13.3 Å². The number of benzene rings is 2. The third kappa shape index (κ3) is 4.77. The molecule has 3 aromatic rings. The summed E-state index contributed by atoms with van der Waals surface area (Å²) in [7, 11) is 0. The Hall–Kier alpha value is -2.80. The molecule has 1 aliphatic heterocycles. The van der Waals surface area contributed by atoms with Gasteiger partial charge in [0.15, 0.2) is 0 Å². The summed E-state index contributed by atoms with van der Waals surface area (Å²) < 4.78 is 0. The smallest absolute Gasteiger partial charge is 0.331 e. The molecule has 0 spiro atoms. The summed E-state index contributed by atoms with van der Waals surface area (Å²) in [6.45, 7) is 2.34. The number of hydrazone groups is 1. The fraction of sp³-hybridized carbons (Fsp3) is 0.130. The van der Waals surface area contributed by atoms with E-state index in [4.69, 9.17) is 35.4 Å². The molecule has 1 aliphatic rings. The van der Waals surface area contributed by atoms with Crippen LogP contribution in [0.4, 0.5) is 10.5 Å². The standard InChI is InChI=1S/C23H18Cl2N4OS/c1-14-2-5-17(13-27-14)22(31)16-6-3-15(4-7-16)10-19-20(24)11-18(12-21(19)25)29-23(30)26-8-9-28-29/h2-7,9,11-13H,8,10H2,1H3,(H,26,30). The van der Waals surface area contributed by atoms with Crippen LogP contribution in [0.5, 0.6) is 0 Å². The van der Waals surface area contributed by atoms with Crippen LogP contribution in [0.3, 0.4) is 0 Å². The second-order valence-corrected chi connectivity index (χ2v) is 8.30. The molecule has 0 fully saturated rings. The average molecular weight is 469 g/mol. The molecule has 5 nitrogen and oxygen atoms in total. The van der Waals surface area contributed by atoms with Crippen LogP contribution in [-0.4, -0.2) is 28.6 Å². The van der Waals surface area contributed by atoms with E-state index in [-0.39, 0.29) is 6.03 Å². The number of rotatable bonds is 5. The van der Waals surface area contributed by atoms with E-state index in [0.717, 1.165) is 32.8 Å². The highest BCUT2D eigenvalue weighted by atomic mass is 35.5. The Labute approximate surface area is 195 Å². The number of urea groups is 1. The van der Waals surface area contributed by atoms with Gasteiger partial charge in [-0.2, -0.15) is 10.1 Å². The summed E-state index contributed by atoms with van der Waals surface area (Å²) in [5.41, 5.74) is 5.16. The van der Waals surface area contributed by atoms with E-state index >= 15 is 0 Å². The van der Waals surface area contributed by atoms with Crippen LogP contribution in [0.2, 0.25) is 10.0 Å². The molecular formula is C23H18Cl2N4OS. The molecule has 1 N–H and O–H groups in total. The number of carbonyl (C=O) groups is 1. The predicted molar refractivity (Wildman–Crippen MR) is 130 cm³/mol. The molecule has 4 rings (SSSR count). The van der Waals surface area contributed by atoms with Crippen molar-refractivity contribution in [1.82, 2.24) is 10.3 Å². The zero-order chi connectivity index (χ0) is 22.0. The molecule has 8 heteroatoms. The quantitative estimate of drug-likeness (QED) is 0.393. The summed E-state index contributed by atoms with van der Waals surface area (Å²) in [5.74, 6) is 0. The zero-order valence-electron chi connectivity index (χ0n) is 16.6. The Kier molecular flexibility index (Phi) is 6.32. The van der Waals surface area contributed by atoms with Crippen molar-refractivity contribution in [3.05, 3.63) is 92.7 Å². The number of aryl methyl sites for hydroxylation is 1. The molecule has 0 saturated heterocycles. The molecule has 0 saturated carbocycles. The molecule has 156 valence electrons. The Morgan fingerprint density at radius 2 is 1.77 bits per heavy atom. The minimum absolute atomic E-state index is 0.322. The summed E-state index contributed by atoms with van der Waals surface area (Å²) in [4.78, 5) is 17.1. The molecule has 31 heavy (non-hydrogen) atoms. The summed E-state index contributed by atoms with van der Waals surface area (Å²) in [5, 5.41) is 8.97. The third-order valence-corrected chi connectivity index (χ3v) is 6.02. The molecular weight excluding hydrogens is 451 g/mol. The first kappa shape index (κ1) is 21.4. The van der Waals surface area contributed by atoms with Gasteiger partial charge in [0.1, 0.15) is 0 Å². The van der Waals surface area contributed by atoms with E-state index in [1.807, 2.05) is 43.3 Å².